The minimum Gasteiger partial charge on any atom is -0.493 e. The zero-order chi connectivity index (χ0) is 21.0. The number of rotatable bonds is 7. The van der Waals surface area contributed by atoms with Gasteiger partial charge in [-0.25, -0.2) is 8.42 Å². The predicted octanol–water partition coefficient (Wildman–Crippen LogP) is 2.87. The molecule has 0 aromatic heterocycles. The van der Waals surface area contributed by atoms with Gasteiger partial charge in [-0.3, -0.25) is 4.90 Å². The third-order valence-corrected chi connectivity index (χ3v) is 7.08. The van der Waals surface area contributed by atoms with Gasteiger partial charge in [-0.2, -0.15) is 4.31 Å². The van der Waals surface area contributed by atoms with E-state index >= 15 is 0 Å². The lowest BCUT2D eigenvalue weighted by Crippen LogP contribution is -2.48. The second-order valence-corrected chi connectivity index (χ2v) is 9.04. The number of sulfonamides is 1. The van der Waals surface area contributed by atoms with Crippen LogP contribution >= 0.6 is 11.6 Å². The molecule has 0 N–H and O–H groups in total. The van der Waals surface area contributed by atoms with Crippen LogP contribution in [-0.4, -0.2) is 65.1 Å². The lowest BCUT2D eigenvalue weighted by molar-refractivity contribution is 0.181. The topological polar surface area (TPSA) is 68.3 Å². The monoisotopic (exact) mass is 440 g/mol. The Hall–Kier alpha value is -2.00. The maximum Gasteiger partial charge on any atom is 0.243 e. The maximum absolute atomic E-state index is 12.8. The number of benzene rings is 2. The van der Waals surface area contributed by atoms with E-state index in [0.29, 0.717) is 55.0 Å². The first-order chi connectivity index (χ1) is 13.9. The fourth-order valence-corrected chi connectivity index (χ4v) is 4.92. The van der Waals surface area contributed by atoms with Crippen molar-refractivity contribution in [1.82, 2.24) is 9.21 Å². The molecule has 3 rings (SSSR count). The first-order valence-corrected chi connectivity index (χ1v) is 11.0. The Labute approximate surface area is 176 Å². The number of ether oxygens (including phenoxy) is 3. The number of halogens is 1. The summed E-state index contributed by atoms with van der Waals surface area (Å²) < 4.78 is 43.3. The van der Waals surface area contributed by atoms with Crippen LogP contribution in [0.5, 0.6) is 17.2 Å². The molecule has 1 aliphatic rings. The Morgan fingerprint density at radius 1 is 0.897 bits per heavy atom. The van der Waals surface area contributed by atoms with Crippen molar-refractivity contribution in [2.45, 2.75) is 11.4 Å². The smallest absolute Gasteiger partial charge is 0.243 e. The Morgan fingerprint density at radius 2 is 1.45 bits per heavy atom. The van der Waals surface area contributed by atoms with Crippen LogP contribution in [0.3, 0.4) is 0 Å². The average Bonchev–Trinajstić information content (AvgIpc) is 2.73. The number of piperazine rings is 1. The van der Waals surface area contributed by atoms with Crippen LogP contribution in [0.2, 0.25) is 5.02 Å². The summed E-state index contributed by atoms with van der Waals surface area (Å²) >= 11 is 5.87. The number of nitrogens with zero attached hydrogens (tertiary/aromatic N) is 2. The van der Waals surface area contributed by atoms with Crippen LogP contribution in [0.4, 0.5) is 0 Å². The molecule has 2 aromatic rings. The lowest BCUT2D eigenvalue weighted by atomic mass is 10.1. The molecular weight excluding hydrogens is 416 g/mol. The fourth-order valence-electron chi connectivity index (χ4n) is 3.37. The quantitative estimate of drug-likeness (QED) is 0.659. The van der Waals surface area contributed by atoms with E-state index < -0.39 is 10.0 Å². The van der Waals surface area contributed by atoms with Gasteiger partial charge >= 0.3 is 0 Å². The second-order valence-electron chi connectivity index (χ2n) is 6.67. The third kappa shape index (κ3) is 4.78. The normalized spacial score (nSPS) is 15.9. The van der Waals surface area contributed by atoms with Crippen LogP contribution in [0.1, 0.15) is 5.56 Å². The summed E-state index contributed by atoms with van der Waals surface area (Å²) in [5, 5.41) is 0.513. The van der Waals surface area contributed by atoms with E-state index in [4.69, 9.17) is 25.8 Å². The van der Waals surface area contributed by atoms with E-state index in [-0.39, 0.29) is 4.90 Å². The summed E-state index contributed by atoms with van der Waals surface area (Å²) in [5.41, 5.74) is 1.01. The molecule has 0 aliphatic carbocycles. The summed E-state index contributed by atoms with van der Waals surface area (Å²) in [6, 6.07) is 10.1. The van der Waals surface area contributed by atoms with Crippen LogP contribution in [0, 0.1) is 0 Å². The third-order valence-electron chi connectivity index (χ3n) is 4.91. The van der Waals surface area contributed by atoms with Gasteiger partial charge in [0, 0.05) is 37.7 Å². The molecule has 0 atom stereocenters. The van der Waals surface area contributed by atoms with Gasteiger partial charge in [0.15, 0.2) is 11.5 Å². The molecule has 2 aromatic carbocycles. The molecule has 1 saturated heterocycles. The van der Waals surface area contributed by atoms with Crippen molar-refractivity contribution < 1.29 is 22.6 Å². The van der Waals surface area contributed by atoms with Crippen LogP contribution < -0.4 is 14.2 Å². The molecule has 0 amide bonds. The first kappa shape index (κ1) is 21.7. The van der Waals surface area contributed by atoms with Crippen molar-refractivity contribution in [1.29, 1.82) is 0 Å². The molecule has 9 heteroatoms. The second kappa shape index (κ2) is 9.21. The number of hydrogen-bond acceptors (Lipinski definition) is 6. The summed E-state index contributed by atoms with van der Waals surface area (Å²) in [6.45, 7) is 2.77. The zero-order valence-electron chi connectivity index (χ0n) is 16.7. The van der Waals surface area contributed by atoms with Crippen molar-refractivity contribution in [3.63, 3.8) is 0 Å². The summed E-state index contributed by atoms with van der Waals surface area (Å²) in [4.78, 5) is 2.47. The van der Waals surface area contributed by atoms with Crippen molar-refractivity contribution in [2.24, 2.45) is 0 Å². The molecule has 0 radical (unpaired) electrons. The van der Waals surface area contributed by atoms with E-state index in [1.165, 1.54) is 4.31 Å². The van der Waals surface area contributed by atoms with Gasteiger partial charge in [0.2, 0.25) is 15.8 Å². The van der Waals surface area contributed by atoms with Gasteiger partial charge in [-0.1, -0.05) is 11.6 Å². The molecule has 158 valence electrons. The number of hydrogen-bond donors (Lipinski definition) is 0. The largest absolute Gasteiger partial charge is 0.493 e. The van der Waals surface area contributed by atoms with Crippen molar-refractivity contribution in [3.05, 3.63) is 47.0 Å². The van der Waals surface area contributed by atoms with Gasteiger partial charge in [0.25, 0.3) is 0 Å². The highest BCUT2D eigenvalue weighted by Crippen LogP contribution is 2.38. The Morgan fingerprint density at radius 3 is 1.93 bits per heavy atom. The minimum atomic E-state index is -3.51. The van der Waals surface area contributed by atoms with Crippen LogP contribution in [-0.2, 0) is 16.6 Å². The lowest BCUT2D eigenvalue weighted by Gasteiger charge is -2.34. The average molecular weight is 441 g/mol. The molecule has 1 fully saturated rings. The summed E-state index contributed by atoms with van der Waals surface area (Å²) in [5.74, 6) is 1.76. The minimum absolute atomic E-state index is 0.264. The summed E-state index contributed by atoms with van der Waals surface area (Å²) in [7, 11) is 1.23. The van der Waals surface area contributed by atoms with E-state index in [0.717, 1.165) is 5.56 Å². The standard InChI is InChI=1S/C20H25ClN2O5S/c1-26-18-12-15(13-19(27-2)20(18)28-3)14-22-8-10-23(11-9-22)29(24,25)17-6-4-16(21)5-7-17/h4-7,12-13H,8-11,14H2,1-3H3. The van der Waals surface area contributed by atoms with Crippen molar-refractivity contribution in [2.75, 3.05) is 47.5 Å². The molecule has 1 aliphatic heterocycles. The van der Waals surface area contributed by atoms with Crippen LogP contribution in [0.25, 0.3) is 0 Å². The van der Waals surface area contributed by atoms with Gasteiger partial charge in [-0.15, -0.1) is 0 Å². The van der Waals surface area contributed by atoms with Gasteiger partial charge in [0.05, 0.1) is 26.2 Å². The van der Waals surface area contributed by atoms with E-state index in [9.17, 15) is 8.42 Å². The van der Waals surface area contributed by atoms with E-state index in [2.05, 4.69) is 4.90 Å². The van der Waals surface area contributed by atoms with Gasteiger partial charge < -0.3 is 14.2 Å². The fraction of sp³-hybridized carbons (Fsp3) is 0.400. The predicted molar refractivity (Wildman–Crippen MR) is 112 cm³/mol. The van der Waals surface area contributed by atoms with Crippen molar-refractivity contribution in [3.8, 4) is 17.2 Å². The molecule has 29 heavy (non-hydrogen) atoms. The molecule has 0 unspecified atom stereocenters. The molecule has 0 bridgehead atoms. The highest BCUT2D eigenvalue weighted by molar-refractivity contribution is 7.89. The molecule has 7 nitrogen and oxygen atoms in total. The Bertz CT molecular complexity index is 917. The van der Waals surface area contributed by atoms with E-state index in [1.54, 1.807) is 45.6 Å². The summed E-state index contributed by atoms with van der Waals surface area (Å²) in [6.07, 6.45) is 0. The molecule has 1 heterocycles. The maximum atomic E-state index is 12.8. The van der Waals surface area contributed by atoms with Gasteiger partial charge in [0.1, 0.15) is 0 Å². The molecular formula is C20H25ClN2O5S. The molecule has 0 saturated carbocycles. The SMILES string of the molecule is COc1cc(CN2CCN(S(=O)(=O)c3ccc(Cl)cc3)CC2)cc(OC)c1OC. The van der Waals surface area contributed by atoms with Gasteiger partial charge in [-0.05, 0) is 42.0 Å². The Balaban J connectivity index is 1.68. The van der Waals surface area contributed by atoms with Crippen molar-refractivity contribution >= 4 is 21.6 Å². The van der Waals surface area contributed by atoms with E-state index in [1.807, 2.05) is 12.1 Å². The molecule has 0 spiro atoms. The van der Waals surface area contributed by atoms with Crippen LogP contribution in [0.15, 0.2) is 41.3 Å². The highest BCUT2D eigenvalue weighted by atomic mass is 35.5. The zero-order valence-corrected chi connectivity index (χ0v) is 18.3. The number of methoxy groups -OCH3 is 3. The highest BCUT2D eigenvalue weighted by Gasteiger charge is 2.28. The Kier molecular flexibility index (Phi) is 6.89. The first-order valence-electron chi connectivity index (χ1n) is 9.16.